The molecule has 2 aromatic rings. The lowest BCUT2D eigenvalue weighted by molar-refractivity contribution is 0.337. The van der Waals surface area contributed by atoms with Gasteiger partial charge in [-0.15, -0.1) is 0 Å². The van der Waals surface area contributed by atoms with Crippen LogP contribution in [0.5, 0.6) is 5.75 Å². The first-order valence-corrected chi connectivity index (χ1v) is 8.44. The predicted octanol–water partition coefficient (Wildman–Crippen LogP) is 6.29. The number of hydrogen-bond donors (Lipinski definition) is 0. The lowest BCUT2D eigenvalue weighted by Crippen LogP contribution is -2.00. The van der Waals surface area contributed by atoms with Gasteiger partial charge in [0.15, 0.2) is 0 Å². The summed E-state index contributed by atoms with van der Waals surface area (Å²) in [6, 6.07) is 12.2. The zero-order chi connectivity index (χ0) is 14.7. The molecule has 0 heterocycles. The summed E-state index contributed by atoms with van der Waals surface area (Å²) in [4.78, 5) is 0.0505. The fourth-order valence-electron chi connectivity index (χ4n) is 2.00. The minimum Gasteiger partial charge on any atom is -0.494 e. The average Bonchev–Trinajstić information content (AvgIpc) is 2.43. The molecule has 2 rings (SSSR count). The Kier molecular flexibility index (Phi) is 5.53. The molecule has 0 saturated carbocycles. The molecule has 2 aromatic carbocycles. The molecule has 0 N–H and O–H groups in total. The molecule has 0 bridgehead atoms. The Hall–Kier alpha value is -0.510. The quantitative estimate of drug-likeness (QED) is 0.530. The van der Waals surface area contributed by atoms with Crippen LogP contribution in [0, 0.1) is 6.92 Å². The van der Waals surface area contributed by atoms with E-state index in [4.69, 9.17) is 16.3 Å². The molecule has 20 heavy (non-hydrogen) atoms. The number of ether oxygens (including phenoxy) is 1. The van der Waals surface area contributed by atoms with Gasteiger partial charge in [-0.1, -0.05) is 51.3 Å². The molecule has 0 fully saturated rings. The van der Waals surface area contributed by atoms with Gasteiger partial charge in [-0.3, -0.25) is 0 Å². The molecule has 4 heteroatoms. The van der Waals surface area contributed by atoms with Crippen molar-refractivity contribution in [3.8, 4) is 5.75 Å². The Labute approximate surface area is 141 Å². The number of halogens is 3. The van der Waals surface area contributed by atoms with E-state index in [2.05, 4.69) is 50.9 Å². The van der Waals surface area contributed by atoms with E-state index in [-0.39, 0.29) is 4.83 Å². The summed E-state index contributed by atoms with van der Waals surface area (Å²) in [6.45, 7) is 4.72. The Balaban J connectivity index is 2.43. The normalized spacial score (nSPS) is 12.2. The molecule has 1 atom stereocenters. The highest BCUT2D eigenvalue weighted by molar-refractivity contribution is 9.10. The van der Waals surface area contributed by atoms with Crippen molar-refractivity contribution in [2.75, 3.05) is 6.61 Å². The summed E-state index contributed by atoms with van der Waals surface area (Å²) in [5, 5.41) is 0.706. The van der Waals surface area contributed by atoms with E-state index in [1.165, 1.54) is 5.56 Å². The van der Waals surface area contributed by atoms with Gasteiger partial charge in [-0.2, -0.15) is 0 Å². The van der Waals surface area contributed by atoms with Crippen LogP contribution in [-0.2, 0) is 0 Å². The van der Waals surface area contributed by atoms with Gasteiger partial charge in [0.05, 0.1) is 16.5 Å². The molecule has 0 aromatic heterocycles. The molecule has 0 amide bonds. The van der Waals surface area contributed by atoms with Crippen molar-refractivity contribution in [3.63, 3.8) is 0 Å². The van der Waals surface area contributed by atoms with Crippen LogP contribution in [0.3, 0.4) is 0 Å². The molecule has 0 radical (unpaired) electrons. The Morgan fingerprint density at radius 2 is 1.95 bits per heavy atom. The molecule has 0 aliphatic rings. The van der Waals surface area contributed by atoms with E-state index >= 15 is 0 Å². The summed E-state index contributed by atoms with van der Waals surface area (Å²) in [5.74, 6) is 0.902. The van der Waals surface area contributed by atoms with E-state index in [0.29, 0.717) is 11.6 Å². The summed E-state index contributed by atoms with van der Waals surface area (Å²) >= 11 is 13.3. The summed E-state index contributed by atoms with van der Waals surface area (Å²) in [6.07, 6.45) is 0. The number of aryl methyl sites for hydroxylation is 1. The lowest BCUT2D eigenvalue weighted by atomic mass is 10.0. The highest BCUT2D eigenvalue weighted by Gasteiger charge is 2.16. The van der Waals surface area contributed by atoms with Gasteiger partial charge < -0.3 is 4.74 Å². The van der Waals surface area contributed by atoms with Crippen LogP contribution in [0.25, 0.3) is 0 Å². The number of rotatable bonds is 4. The van der Waals surface area contributed by atoms with Crippen LogP contribution < -0.4 is 4.74 Å². The van der Waals surface area contributed by atoms with Gasteiger partial charge in [-0.05, 0) is 53.5 Å². The van der Waals surface area contributed by atoms with Gasteiger partial charge in [0.1, 0.15) is 5.75 Å². The topological polar surface area (TPSA) is 9.23 Å². The summed E-state index contributed by atoms with van der Waals surface area (Å²) in [7, 11) is 0. The smallest absolute Gasteiger partial charge is 0.123 e. The largest absolute Gasteiger partial charge is 0.494 e. The van der Waals surface area contributed by atoms with Gasteiger partial charge in [0.25, 0.3) is 0 Å². The van der Waals surface area contributed by atoms with E-state index in [1.54, 1.807) is 0 Å². The van der Waals surface area contributed by atoms with E-state index < -0.39 is 0 Å². The first-order valence-electron chi connectivity index (χ1n) is 6.35. The summed E-state index contributed by atoms with van der Waals surface area (Å²) in [5.41, 5.74) is 3.42. The molecule has 1 unspecified atom stereocenters. The zero-order valence-electron chi connectivity index (χ0n) is 11.3. The van der Waals surface area contributed by atoms with Crippen LogP contribution in [-0.4, -0.2) is 6.61 Å². The zero-order valence-corrected chi connectivity index (χ0v) is 15.2. The molecule has 1 nitrogen and oxygen atoms in total. The van der Waals surface area contributed by atoms with Crippen molar-refractivity contribution < 1.29 is 4.74 Å². The van der Waals surface area contributed by atoms with Crippen molar-refractivity contribution in [3.05, 3.63) is 62.6 Å². The molecular formula is C16H15Br2ClO. The Morgan fingerprint density at radius 1 is 1.20 bits per heavy atom. The van der Waals surface area contributed by atoms with Crippen LogP contribution >= 0.6 is 43.5 Å². The van der Waals surface area contributed by atoms with Crippen LogP contribution in [0.4, 0.5) is 0 Å². The monoisotopic (exact) mass is 416 g/mol. The van der Waals surface area contributed by atoms with Crippen LogP contribution in [0.1, 0.15) is 28.4 Å². The third-order valence-corrected chi connectivity index (χ3v) is 5.23. The molecule has 106 valence electrons. The third kappa shape index (κ3) is 3.57. The lowest BCUT2D eigenvalue weighted by Gasteiger charge is -2.17. The number of benzene rings is 2. The van der Waals surface area contributed by atoms with Gasteiger partial charge in [0.2, 0.25) is 0 Å². The standard InChI is InChI=1S/C16H15Br2ClO/c1-3-20-15-7-4-10(2)8-12(15)16(18)11-5-6-13(17)14(19)9-11/h4-9,16H,3H2,1-2H3. The first kappa shape index (κ1) is 15.9. The van der Waals surface area contributed by atoms with Crippen LogP contribution in [0.15, 0.2) is 40.9 Å². The Morgan fingerprint density at radius 3 is 2.60 bits per heavy atom. The van der Waals surface area contributed by atoms with Crippen molar-refractivity contribution in [2.24, 2.45) is 0 Å². The summed E-state index contributed by atoms with van der Waals surface area (Å²) < 4.78 is 6.62. The van der Waals surface area contributed by atoms with E-state index in [1.807, 2.05) is 31.2 Å². The SMILES string of the molecule is CCOc1ccc(C)cc1C(Br)c1ccc(Br)c(Cl)c1. The second kappa shape index (κ2) is 6.97. The van der Waals surface area contributed by atoms with Crippen molar-refractivity contribution in [2.45, 2.75) is 18.7 Å². The maximum Gasteiger partial charge on any atom is 0.123 e. The second-order valence-electron chi connectivity index (χ2n) is 4.51. The van der Waals surface area contributed by atoms with Crippen molar-refractivity contribution >= 4 is 43.5 Å². The maximum absolute atomic E-state index is 6.18. The predicted molar refractivity (Wildman–Crippen MR) is 92.3 cm³/mol. The van der Waals surface area contributed by atoms with Crippen molar-refractivity contribution in [1.82, 2.24) is 0 Å². The Bertz CT molecular complexity index is 613. The molecule has 0 saturated heterocycles. The molecule has 0 spiro atoms. The number of alkyl halides is 1. The number of hydrogen-bond acceptors (Lipinski definition) is 1. The molecule has 0 aliphatic carbocycles. The molecular weight excluding hydrogens is 403 g/mol. The first-order chi connectivity index (χ1) is 9.52. The van der Waals surface area contributed by atoms with Gasteiger partial charge >= 0.3 is 0 Å². The van der Waals surface area contributed by atoms with Crippen LogP contribution in [0.2, 0.25) is 5.02 Å². The minimum absolute atomic E-state index is 0.0505. The van der Waals surface area contributed by atoms with E-state index in [9.17, 15) is 0 Å². The third-order valence-electron chi connectivity index (χ3n) is 2.97. The molecule has 0 aliphatic heterocycles. The maximum atomic E-state index is 6.18. The van der Waals surface area contributed by atoms with Crippen molar-refractivity contribution in [1.29, 1.82) is 0 Å². The van der Waals surface area contributed by atoms with Gasteiger partial charge in [-0.25, -0.2) is 0 Å². The highest BCUT2D eigenvalue weighted by atomic mass is 79.9. The van der Waals surface area contributed by atoms with Gasteiger partial charge in [0, 0.05) is 10.0 Å². The van der Waals surface area contributed by atoms with E-state index in [0.717, 1.165) is 21.3 Å². The fourth-order valence-corrected chi connectivity index (χ4v) is 3.08. The highest BCUT2D eigenvalue weighted by Crippen LogP contribution is 2.39. The average molecular weight is 419 g/mol. The fraction of sp³-hybridized carbons (Fsp3) is 0.250. The minimum atomic E-state index is 0.0505. The second-order valence-corrected chi connectivity index (χ2v) is 6.69.